The number of ether oxygens (including phenoxy) is 2. The van der Waals surface area contributed by atoms with Crippen molar-refractivity contribution in [2.24, 2.45) is 7.05 Å². The highest BCUT2D eigenvalue weighted by molar-refractivity contribution is 6.30. The minimum atomic E-state index is -1.14. The van der Waals surface area contributed by atoms with E-state index in [1.54, 1.807) is 55.9 Å². The number of aromatic nitrogens is 2. The van der Waals surface area contributed by atoms with Crippen molar-refractivity contribution < 1.29 is 19.1 Å². The maximum atomic E-state index is 12.9. The molecule has 0 saturated heterocycles. The average Bonchev–Trinajstić information content (AvgIpc) is 2.99. The second-order valence-electron chi connectivity index (χ2n) is 7.67. The van der Waals surface area contributed by atoms with Crippen LogP contribution in [-0.4, -0.2) is 33.4 Å². The molecule has 0 aliphatic rings. The fourth-order valence-corrected chi connectivity index (χ4v) is 3.47. The molecule has 3 rings (SSSR count). The minimum absolute atomic E-state index is 0.121. The predicted molar refractivity (Wildman–Crippen MR) is 126 cm³/mol. The second kappa shape index (κ2) is 9.95. The summed E-state index contributed by atoms with van der Waals surface area (Å²) in [5, 5.41) is 3.15. The van der Waals surface area contributed by atoms with Gasteiger partial charge in [0, 0.05) is 12.1 Å². The third-order valence-corrected chi connectivity index (χ3v) is 5.47. The number of anilines is 1. The summed E-state index contributed by atoms with van der Waals surface area (Å²) in [6, 6.07) is 14.1. The van der Waals surface area contributed by atoms with Crippen molar-refractivity contribution in [2.45, 2.75) is 39.9 Å². The lowest BCUT2D eigenvalue weighted by Gasteiger charge is -2.18. The molecule has 8 nitrogen and oxygen atoms in total. The van der Waals surface area contributed by atoms with Crippen molar-refractivity contribution in [1.29, 1.82) is 0 Å². The third-order valence-electron chi connectivity index (χ3n) is 5.24. The van der Waals surface area contributed by atoms with Crippen LogP contribution in [0.5, 0.6) is 5.75 Å². The molecule has 0 radical (unpaired) electrons. The van der Waals surface area contributed by atoms with E-state index >= 15 is 0 Å². The first-order valence-electron chi connectivity index (χ1n) is 10.4. The summed E-state index contributed by atoms with van der Waals surface area (Å²) in [6.45, 7) is 6.49. The number of para-hydroxylation sites is 1. The van der Waals surface area contributed by atoms with Crippen LogP contribution in [0.1, 0.15) is 25.1 Å². The first-order valence-corrected chi connectivity index (χ1v) is 10.8. The zero-order valence-electron chi connectivity index (χ0n) is 19.1. The highest BCUT2D eigenvalue weighted by Crippen LogP contribution is 2.23. The van der Waals surface area contributed by atoms with E-state index in [1.165, 1.54) is 18.5 Å². The van der Waals surface area contributed by atoms with Crippen LogP contribution in [0.15, 0.2) is 53.3 Å². The van der Waals surface area contributed by atoms with Gasteiger partial charge in [-0.25, -0.2) is 9.48 Å². The topological polar surface area (TPSA) is 91.6 Å². The van der Waals surface area contributed by atoms with Crippen LogP contribution in [0, 0.1) is 13.8 Å². The molecular formula is C24H26ClN3O5. The Bertz CT molecular complexity index is 1230. The molecule has 0 aliphatic heterocycles. The van der Waals surface area contributed by atoms with Gasteiger partial charge in [0.25, 0.3) is 11.5 Å². The second-order valence-corrected chi connectivity index (χ2v) is 8.11. The molecular weight excluding hydrogens is 446 g/mol. The smallest absolute Gasteiger partial charge is 0.347 e. The molecule has 1 N–H and O–H groups in total. The third kappa shape index (κ3) is 5.28. The maximum absolute atomic E-state index is 12.9. The largest absolute Gasteiger partial charge is 0.479 e. The van der Waals surface area contributed by atoms with Crippen LogP contribution in [0.2, 0.25) is 5.02 Å². The summed E-state index contributed by atoms with van der Waals surface area (Å²) in [5.74, 6) is -0.843. The molecule has 1 heterocycles. The van der Waals surface area contributed by atoms with E-state index in [0.717, 1.165) is 5.56 Å². The lowest BCUT2D eigenvalue weighted by atomic mass is 10.2. The highest BCUT2D eigenvalue weighted by atomic mass is 35.5. The van der Waals surface area contributed by atoms with E-state index < -0.39 is 24.1 Å². The van der Waals surface area contributed by atoms with Gasteiger partial charge in [0.05, 0.1) is 11.4 Å². The molecule has 9 heteroatoms. The lowest BCUT2D eigenvalue weighted by molar-refractivity contribution is -0.159. The van der Waals surface area contributed by atoms with Gasteiger partial charge in [-0.05, 0) is 63.6 Å². The number of hydrogen-bond donors (Lipinski definition) is 1. The fourth-order valence-electron chi connectivity index (χ4n) is 3.24. The predicted octanol–water partition coefficient (Wildman–Crippen LogP) is 3.78. The van der Waals surface area contributed by atoms with E-state index in [0.29, 0.717) is 22.2 Å². The Morgan fingerprint density at radius 1 is 1.03 bits per heavy atom. The Balaban J connectivity index is 1.68. The molecule has 2 aromatic carbocycles. The maximum Gasteiger partial charge on any atom is 0.347 e. The fraction of sp³-hybridized carbons (Fsp3) is 0.292. The Labute approximate surface area is 196 Å². The van der Waals surface area contributed by atoms with Crippen molar-refractivity contribution in [2.75, 3.05) is 5.32 Å². The molecule has 2 atom stereocenters. The number of amides is 1. The number of nitrogens with one attached hydrogen (secondary N) is 1. The number of aryl methyl sites for hydroxylation is 1. The average molecular weight is 472 g/mol. The SMILES string of the molecule is Cc1cc(Cl)ccc1OC(C)C(=O)OC(C)C(=O)Nc1c(C)n(C)n(-c2ccccc2)c1=O. The van der Waals surface area contributed by atoms with Crippen LogP contribution < -0.4 is 15.6 Å². The van der Waals surface area contributed by atoms with Gasteiger partial charge in [0.1, 0.15) is 11.4 Å². The molecule has 2 unspecified atom stereocenters. The minimum Gasteiger partial charge on any atom is -0.479 e. The molecule has 3 aromatic rings. The van der Waals surface area contributed by atoms with Gasteiger partial charge in [-0.15, -0.1) is 0 Å². The first-order chi connectivity index (χ1) is 15.6. The summed E-state index contributed by atoms with van der Waals surface area (Å²) >= 11 is 5.94. The Hall–Kier alpha value is -3.52. The summed E-state index contributed by atoms with van der Waals surface area (Å²) < 4.78 is 14.0. The van der Waals surface area contributed by atoms with Crippen molar-refractivity contribution in [3.8, 4) is 11.4 Å². The molecule has 0 fully saturated rings. The van der Waals surface area contributed by atoms with Crippen molar-refractivity contribution in [3.05, 3.63) is 75.2 Å². The molecule has 33 heavy (non-hydrogen) atoms. The zero-order chi connectivity index (χ0) is 24.3. The normalized spacial score (nSPS) is 12.7. The van der Waals surface area contributed by atoms with E-state index in [2.05, 4.69) is 5.32 Å². The van der Waals surface area contributed by atoms with Crippen molar-refractivity contribution in [3.63, 3.8) is 0 Å². The lowest BCUT2D eigenvalue weighted by Crippen LogP contribution is -2.36. The van der Waals surface area contributed by atoms with E-state index in [9.17, 15) is 14.4 Å². The number of benzene rings is 2. The van der Waals surface area contributed by atoms with Crippen molar-refractivity contribution in [1.82, 2.24) is 9.36 Å². The van der Waals surface area contributed by atoms with Crippen LogP contribution in [0.4, 0.5) is 5.69 Å². The Morgan fingerprint density at radius 2 is 1.70 bits per heavy atom. The molecule has 174 valence electrons. The monoisotopic (exact) mass is 471 g/mol. The van der Waals surface area contributed by atoms with Gasteiger partial charge < -0.3 is 14.8 Å². The Kier molecular flexibility index (Phi) is 7.28. The Morgan fingerprint density at radius 3 is 2.33 bits per heavy atom. The van der Waals surface area contributed by atoms with Gasteiger partial charge in [-0.1, -0.05) is 29.8 Å². The highest BCUT2D eigenvalue weighted by Gasteiger charge is 2.26. The summed E-state index contributed by atoms with van der Waals surface area (Å²) in [6.07, 6.45) is -2.09. The number of rotatable bonds is 7. The van der Waals surface area contributed by atoms with Crippen LogP contribution in [-0.2, 0) is 21.4 Å². The molecule has 0 aliphatic carbocycles. The van der Waals surface area contributed by atoms with Gasteiger partial charge in [-0.3, -0.25) is 14.3 Å². The number of esters is 1. The molecule has 1 amide bonds. The number of carbonyl (C=O) groups excluding carboxylic acids is 2. The first kappa shape index (κ1) is 24.1. The van der Waals surface area contributed by atoms with E-state index in [4.69, 9.17) is 21.1 Å². The summed E-state index contributed by atoms with van der Waals surface area (Å²) in [4.78, 5) is 38.1. The molecule has 1 aromatic heterocycles. The van der Waals surface area contributed by atoms with Gasteiger partial charge in [0.2, 0.25) is 0 Å². The number of carbonyl (C=O) groups is 2. The number of hydrogen-bond acceptors (Lipinski definition) is 5. The van der Waals surface area contributed by atoms with Crippen LogP contribution >= 0.6 is 11.6 Å². The standard InChI is InChI=1S/C24H26ClN3O5/c1-14-13-18(25)11-12-20(14)32-17(4)24(31)33-16(3)22(29)26-21-15(2)27(5)28(23(21)30)19-9-7-6-8-10-19/h6-13,16-17H,1-5H3,(H,26,29). The van der Waals surface area contributed by atoms with E-state index in [1.807, 2.05) is 18.2 Å². The zero-order valence-corrected chi connectivity index (χ0v) is 19.8. The van der Waals surface area contributed by atoms with Crippen LogP contribution in [0.25, 0.3) is 5.69 Å². The van der Waals surface area contributed by atoms with Gasteiger partial charge in [0.15, 0.2) is 12.2 Å². The van der Waals surface area contributed by atoms with Crippen molar-refractivity contribution >= 4 is 29.2 Å². The van der Waals surface area contributed by atoms with Gasteiger partial charge >= 0.3 is 5.97 Å². The van der Waals surface area contributed by atoms with Crippen LogP contribution in [0.3, 0.4) is 0 Å². The molecule has 0 bridgehead atoms. The van der Waals surface area contributed by atoms with Gasteiger partial charge in [-0.2, -0.15) is 0 Å². The number of halogens is 1. The molecule has 0 saturated carbocycles. The quantitative estimate of drug-likeness (QED) is 0.529. The number of nitrogens with zero attached hydrogens (tertiary/aromatic N) is 2. The van der Waals surface area contributed by atoms with E-state index in [-0.39, 0.29) is 11.2 Å². The summed E-state index contributed by atoms with van der Waals surface area (Å²) in [5.41, 5.74) is 1.72. The molecule has 0 spiro atoms. The summed E-state index contributed by atoms with van der Waals surface area (Å²) in [7, 11) is 1.72.